The van der Waals surface area contributed by atoms with Crippen LogP contribution in [0.25, 0.3) is 10.2 Å². The fraction of sp³-hybridized carbons (Fsp3) is 0.190. The van der Waals surface area contributed by atoms with E-state index in [1.807, 2.05) is 54.9 Å². The number of hydrogen-bond acceptors (Lipinski definition) is 4. The normalized spacial score (nSPS) is 12.3. The molecule has 4 rings (SSSR count). The van der Waals surface area contributed by atoms with Crippen molar-refractivity contribution in [1.29, 1.82) is 0 Å². The summed E-state index contributed by atoms with van der Waals surface area (Å²) >= 11 is 14.0. The first-order chi connectivity index (χ1) is 13.9. The summed E-state index contributed by atoms with van der Waals surface area (Å²) in [6.07, 6.45) is 3.43. The molecule has 1 atom stereocenters. The Bertz CT molecular complexity index is 1170. The Kier molecular flexibility index (Phi) is 5.58. The molecule has 0 radical (unpaired) electrons. The first-order valence-corrected chi connectivity index (χ1v) is 10.6. The zero-order valence-corrected chi connectivity index (χ0v) is 18.1. The average Bonchev–Trinajstić information content (AvgIpc) is 3.27. The van der Waals surface area contributed by atoms with Gasteiger partial charge >= 0.3 is 0 Å². The van der Waals surface area contributed by atoms with E-state index in [2.05, 4.69) is 15.4 Å². The number of benzene rings is 1. The molecule has 0 saturated heterocycles. The highest BCUT2D eigenvalue weighted by atomic mass is 35.5. The van der Waals surface area contributed by atoms with E-state index in [9.17, 15) is 4.79 Å². The number of halogens is 2. The highest BCUT2D eigenvalue weighted by molar-refractivity contribution is 7.20. The predicted octanol–water partition coefficient (Wildman–Crippen LogP) is 5.65. The second-order valence-corrected chi connectivity index (χ2v) is 8.59. The van der Waals surface area contributed by atoms with Crippen molar-refractivity contribution in [3.63, 3.8) is 0 Å². The smallest absolute Gasteiger partial charge is 0.261 e. The zero-order chi connectivity index (χ0) is 20.5. The van der Waals surface area contributed by atoms with Gasteiger partial charge in [-0.15, -0.1) is 11.3 Å². The van der Waals surface area contributed by atoms with Crippen LogP contribution in [0.2, 0.25) is 10.0 Å². The van der Waals surface area contributed by atoms with Crippen LogP contribution in [0, 0.1) is 6.92 Å². The molecule has 0 spiro atoms. The lowest BCUT2D eigenvalue weighted by atomic mass is 10.1. The molecular formula is C21H18Cl2N4OS. The van der Waals surface area contributed by atoms with Crippen LogP contribution in [0.4, 0.5) is 0 Å². The number of aromatic nitrogens is 3. The summed E-state index contributed by atoms with van der Waals surface area (Å²) in [7, 11) is 0. The van der Waals surface area contributed by atoms with Crippen LogP contribution >= 0.6 is 34.5 Å². The monoisotopic (exact) mass is 444 g/mol. The summed E-state index contributed by atoms with van der Waals surface area (Å²) < 4.78 is 1.85. The molecule has 29 heavy (non-hydrogen) atoms. The Morgan fingerprint density at radius 2 is 1.90 bits per heavy atom. The molecule has 3 heterocycles. The van der Waals surface area contributed by atoms with Crippen LogP contribution in [0.1, 0.15) is 39.5 Å². The Morgan fingerprint density at radius 3 is 2.59 bits per heavy atom. The molecule has 5 nitrogen and oxygen atoms in total. The lowest BCUT2D eigenvalue weighted by Crippen LogP contribution is -2.25. The van der Waals surface area contributed by atoms with Gasteiger partial charge in [-0.3, -0.25) is 9.78 Å². The van der Waals surface area contributed by atoms with E-state index >= 15 is 0 Å². The van der Waals surface area contributed by atoms with Crippen LogP contribution in [-0.2, 0) is 6.54 Å². The second kappa shape index (κ2) is 8.14. The topological polar surface area (TPSA) is 59.8 Å². The minimum Gasteiger partial charge on any atom is -0.345 e. The molecule has 1 unspecified atom stereocenters. The molecule has 4 aromatic rings. The fourth-order valence-electron chi connectivity index (χ4n) is 3.17. The molecule has 0 aliphatic rings. The number of pyridine rings is 1. The van der Waals surface area contributed by atoms with Crippen molar-refractivity contribution in [3.05, 3.63) is 80.5 Å². The Balaban J connectivity index is 1.61. The Hall–Kier alpha value is -2.41. The van der Waals surface area contributed by atoms with Crippen molar-refractivity contribution in [1.82, 2.24) is 20.1 Å². The number of nitrogens with zero attached hydrogens (tertiary/aromatic N) is 3. The minimum atomic E-state index is -0.116. The number of carbonyl (C=O) groups is 1. The predicted molar refractivity (Wildman–Crippen MR) is 118 cm³/mol. The van der Waals surface area contributed by atoms with Gasteiger partial charge in [-0.2, -0.15) is 5.10 Å². The summed E-state index contributed by atoms with van der Waals surface area (Å²) in [6, 6.07) is 11.0. The molecule has 8 heteroatoms. The van der Waals surface area contributed by atoms with Gasteiger partial charge in [0.25, 0.3) is 5.91 Å². The van der Waals surface area contributed by atoms with E-state index in [-0.39, 0.29) is 11.9 Å². The number of amides is 1. The number of carbonyl (C=O) groups excluding carboxylic acids is 1. The fourth-order valence-corrected chi connectivity index (χ4v) is 4.75. The molecule has 0 saturated carbocycles. The van der Waals surface area contributed by atoms with Crippen molar-refractivity contribution in [2.24, 2.45) is 0 Å². The van der Waals surface area contributed by atoms with Crippen LogP contribution in [0.5, 0.6) is 0 Å². The largest absolute Gasteiger partial charge is 0.345 e. The third kappa shape index (κ3) is 4.01. The standard InChI is InChI=1S/C21H18Cl2N4OS/c1-12(14-6-8-24-9-7-14)25-20(28)19-10-15-13(2)26-27(21(15)29-19)11-16-17(22)4-3-5-18(16)23/h3-10,12H,11H2,1-2H3,(H,25,28). The van der Waals surface area contributed by atoms with Crippen LogP contribution in [0.3, 0.4) is 0 Å². The zero-order valence-electron chi connectivity index (χ0n) is 15.8. The van der Waals surface area contributed by atoms with E-state index in [0.717, 1.165) is 27.0 Å². The molecule has 1 N–H and O–H groups in total. The van der Waals surface area contributed by atoms with Gasteiger partial charge in [-0.1, -0.05) is 29.3 Å². The number of hydrogen-bond donors (Lipinski definition) is 1. The van der Waals surface area contributed by atoms with E-state index in [4.69, 9.17) is 23.2 Å². The van der Waals surface area contributed by atoms with Crippen molar-refractivity contribution >= 4 is 50.7 Å². The number of nitrogens with one attached hydrogen (secondary N) is 1. The molecule has 0 fully saturated rings. The first-order valence-electron chi connectivity index (χ1n) is 9.04. The molecule has 1 amide bonds. The Morgan fingerprint density at radius 1 is 1.21 bits per heavy atom. The third-order valence-electron chi connectivity index (χ3n) is 4.75. The van der Waals surface area contributed by atoms with Gasteiger partial charge in [0.2, 0.25) is 0 Å². The summed E-state index contributed by atoms with van der Waals surface area (Å²) in [4.78, 5) is 18.4. The number of aryl methyl sites for hydroxylation is 1. The van der Waals surface area contributed by atoms with Gasteiger partial charge in [0.1, 0.15) is 4.83 Å². The SMILES string of the molecule is Cc1nn(Cc2c(Cl)cccc2Cl)c2sc(C(=O)NC(C)c3ccncc3)cc12. The summed E-state index contributed by atoms with van der Waals surface area (Å²) in [6.45, 7) is 4.33. The lowest BCUT2D eigenvalue weighted by molar-refractivity contribution is 0.0944. The summed E-state index contributed by atoms with van der Waals surface area (Å²) in [5.41, 5.74) is 2.68. The van der Waals surface area contributed by atoms with E-state index < -0.39 is 0 Å². The van der Waals surface area contributed by atoms with Gasteiger partial charge in [-0.25, -0.2) is 4.68 Å². The molecule has 0 bridgehead atoms. The van der Waals surface area contributed by atoms with Crippen LogP contribution in [-0.4, -0.2) is 20.7 Å². The quantitative estimate of drug-likeness (QED) is 0.432. The van der Waals surface area contributed by atoms with Crippen LogP contribution < -0.4 is 5.32 Å². The maximum atomic E-state index is 12.8. The highest BCUT2D eigenvalue weighted by Crippen LogP contribution is 2.31. The molecule has 1 aromatic carbocycles. The van der Waals surface area contributed by atoms with E-state index in [0.29, 0.717) is 21.5 Å². The van der Waals surface area contributed by atoms with Gasteiger partial charge in [0.15, 0.2) is 0 Å². The number of rotatable bonds is 5. The lowest BCUT2D eigenvalue weighted by Gasteiger charge is -2.13. The first kappa shape index (κ1) is 19.9. The highest BCUT2D eigenvalue weighted by Gasteiger charge is 2.19. The van der Waals surface area contributed by atoms with Gasteiger partial charge in [0, 0.05) is 33.4 Å². The van der Waals surface area contributed by atoms with Gasteiger partial charge < -0.3 is 5.32 Å². The summed E-state index contributed by atoms with van der Waals surface area (Å²) in [5, 5.41) is 9.80. The van der Waals surface area contributed by atoms with Gasteiger partial charge in [0.05, 0.1) is 23.2 Å². The molecule has 148 valence electrons. The van der Waals surface area contributed by atoms with Crippen molar-refractivity contribution in [3.8, 4) is 0 Å². The molecule has 0 aliphatic heterocycles. The second-order valence-electron chi connectivity index (χ2n) is 6.75. The van der Waals surface area contributed by atoms with Gasteiger partial charge in [-0.05, 0) is 49.7 Å². The van der Waals surface area contributed by atoms with Crippen molar-refractivity contribution in [2.45, 2.75) is 26.4 Å². The minimum absolute atomic E-state index is 0.114. The molecule has 0 aliphatic carbocycles. The van der Waals surface area contributed by atoms with E-state index in [1.54, 1.807) is 12.4 Å². The molecular weight excluding hydrogens is 427 g/mol. The van der Waals surface area contributed by atoms with Crippen LogP contribution in [0.15, 0.2) is 48.8 Å². The Labute approximate surface area is 182 Å². The van der Waals surface area contributed by atoms with Crippen molar-refractivity contribution in [2.75, 3.05) is 0 Å². The maximum Gasteiger partial charge on any atom is 0.261 e. The maximum absolute atomic E-state index is 12.8. The number of thiophene rings is 1. The molecule has 3 aromatic heterocycles. The average molecular weight is 445 g/mol. The number of fused-ring (bicyclic) bond motifs is 1. The van der Waals surface area contributed by atoms with Crippen molar-refractivity contribution < 1.29 is 4.79 Å². The third-order valence-corrected chi connectivity index (χ3v) is 6.61. The summed E-state index contributed by atoms with van der Waals surface area (Å²) in [5.74, 6) is -0.114. The van der Waals surface area contributed by atoms with E-state index in [1.165, 1.54) is 11.3 Å².